The number of hydrogen-bond acceptors (Lipinski definition) is 2. The number of likely N-dealkylation sites (tertiary alicyclic amines) is 1. The summed E-state index contributed by atoms with van der Waals surface area (Å²) in [6.45, 7) is 20.3. The van der Waals surface area contributed by atoms with Crippen LogP contribution in [0.25, 0.3) is 0 Å². The highest BCUT2D eigenvalue weighted by Gasteiger charge is 2.35. The predicted molar refractivity (Wildman–Crippen MR) is 85.6 cm³/mol. The third-order valence-electron chi connectivity index (χ3n) is 5.31. The second-order valence-electron chi connectivity index (χ2n) is 7.57. The Bertz CT molecular complexity index is 250. The van der Waals surface area contributed by atoms with E-state index in [9.17, 15) is 0 Å². The summed E-state index contributed by atoms with van der Waals surface area (Å²) in [7, 11) is 0. The molecule has 1 aliphatic rings. The molecule has 0 aliphatic carbocycles. The first-order valence-corrected chi connectivity index (χ1v) is 8.30. The van der Waals surface area contributed by atoms with Crippen LogP contribution in [0.2, 0.25) is 0 Å². The van der Waals surface area contributed by atoms with E-state index in [2.05, 4.69) is 51.8 Å². The fourth-order valence-corrected chi connectivity index (χ4v) is 3.33. The molecule has 0 saturated carbocycles. The van der Waals surface area contributed by atoms with Crippen LogP contribution in [-0.4, -0.2) is 37.6 Å². The number of nitrogens with zero attached hydrogens (tertiary/aromatic N) is 1. The van der Waals surface area contributed by atoms with Crippen molar-refractivity contribution in [1.29, 1.82) is 0 Å². The highest BCUT2D eigenvalue weighted by Crippen LogP contribution is 2.36. The van der Waals surface area contributed by atoms with Crippen molar-refractivity contribution in [3.05, 3.63) is 0 Å². The lowest BCUT2D eigenvalue weighted by atomic mass is 9.80. The van der Waals surface area contributed by atoms with Crippen molar-refractivity contribution in [2.45, 2.75) is 60.8 Å². The molecular weight excluding hydrogens is 232 g/mol. The normalized spacial score (nSPS) is 22.1. The Morgan fingerprint density at radius 3 is 2.16 bits per heavy atom. The van der Waals surface area contributed by atoms with E-state index in [1.54, 1.807) is 0 Å². The number of rotatable bonds is 7. The molecule has 1 N–H and O–H groups in total. The summed E-state index contributed by atoms with van der Waals surface area (Å²) in [6, 6.07) is 0. The molecule has 0 spiro atoms. The minimum atomic E-state index is 0.470. The van der Waals surface area contributed by atoms with Crippen LogP contribution in [0.3, 0.4) is 0 Å². The largest absolute Gasteiger partial charge is 0.316 e. The van der Waals surface area contributed by atoms with E-state index in [4.69, 9.17) is 0 Å². The van der Waals surface area contributed by atoms with E-state index in [-0.39, 0.29) is 0 Å². The molecule has 2 nitrogen and oxygen atoms in total. The van der Waals surface area contributed by atoms with Crippen molar-refractivity contribution >= 4 is 0 Å². The van der Waals surface area contributed by atoms with Crippen LogP contribution in [-0.2, 0) is 0 Å². The Kier molecular flexibility index (Phi) is 6.32. The molecule has 0 aromatic rings. The van der Waals surface area contributed by atoms with Gasteiger partial charge >= 0.3 is 0 Å². The lowest BCUT2D eigenvalue weighted by Gasteiger charge is -2.36. The van der Waals surface area contributed by atoms with Crippen LogP contribution in [0.1, 0.15) is 60.8 Å². The van der Waals surface area contributed by atoms with Crippen molar-refractivity contribution in [1.82, 2.24) is 10.2 Å². The molecule has 0 aromatic heterocycles. The molecule has 2 heteroatoms. The summed E-state index contributed by atoms with van der Waals surface area (Å²) in [6.07, 6.45) is 3.95. The standard InChI is InChI=1S/C17H36N2/c1-7-17(8-2,13-18-9-3)14-19-11-10-15(12-19)16(4,5)6/h15,18H,7-14H2,1-6H3. The molecule has 0 bridgehead atoms. The molecule has 1 saturated heterocycles. The zero-order chi connectivity index (χ0) is 14.5. The summed E-state index contributed by atoms with van der Waals surface area (Å²) in [5, 5.41) is 3.58. The van der Waals surface area contributed by atoms with Crippen molar-refractivity contribution in [3.8, 4) is 0 Å². The average Bonchev–Trinajstić information content (AvgIpc) is 2.83. The Balaban J connectivity index is 2.56. The quantitative estimate of drug-likeness (QED) is 0.756. The summed E-state index contributed by atoms with van der Waals surface area (Å²) in [5.41, 5.74) is 0.945. The Morgan fingerprint density at radius 1 is 1.11 bits per heavy atom. The van der Waals surface area contributed by atoms with Crippen LogP contribution in [0.15, 0.2) is 0 Å². The van der Waals surface area contributed by atoms with Crippen molar-refractivity contribution < 1.29 is 0 Å². The van der Waals surface area contributed by atoms with Crippen molar-refractivity contribution in [3.63, 3.8) is 0 Å². The van der Waals surface area contributed by atoms with Gasteiger partial charge in [0.25, 0.3) is 0 Å². The second kappa shape index (κ2) is 7.08. The Labute approximate surface area is 121 Å². The highest BCUT2D eigenvalue weighted by atomic mass is 15.2. The first kappa shape index (κ1) is 17.0. The van der Waals surface area contributed by atoms with Gasteiger partial charge in [0.1, 0.15) is 0 Å². The molecule has 1 rings (SSSR count). The van der Waals surface area contributed by atoms with Gasteiger partial charge in [-0.15, -0.1) is 0 Å². The van der Waals surface area contributed by atoms with Gasteiger partial charge in [-0.25, -0.2) is 0 Å². The first-order chi connectivity index (χ1) is 8.87. The van der Waals surface area contributed by atoms with Crippen molar-refractivity contribution in [2.24, 2.45) is 16.7 Å². The fraction of sp³-hybridized carbons (Fsp3) is 1.00. The predicted octanol–water partition coefficient (Wildman–Crippen LogP) is 3.77. The Morgan fingerprint density at radius 2 is 1.74 bits per heavy atom. The second-order valence-corrected chi connectivity index (χ2v) is 7.57. The van der Waals surface area contributed by atoms with Gasteiger partial charge in [0.2, 0.25) is 0 Å². The van der Waals surface area contributed by atoms with Gasteiger partial charge in [-0.1, -0.05) is 41.5 Å². The average molecular weight is 268 g/mol. The van der Waals surface area contributed by atoms with Crippen LogP contribution in [0.4, 0.5) is 0 Å². The van der Waals surface area contributed by atoms with E-state index in [1.165, 1.54) is 45.4 Å². The van der Waals surface area contributed by atoms with Gasteiger partial charge in [-0.05, 0) is 49.1 Å². The molecule has 0 amide bonds. The van der Waals surface area contributed by atoms with Crippen LogP contribution < -0.4 is 5.32 Å². The molecule has 1 aliphatic heterocycles. The summed E-state index contributed by atoms with van der Waals surface area (Å²) in [5.74, 6) is 0.873. The smallest absolute Gasteiger partial charge is 0.00501 e. The molecule has 1 atom stereocenters. The first-order valence-electron chi connectivity index (χ1n) is 8.30. The number of nitrogens with one attached hydrogen (secondary N) is 1. The monoisotopic (exact) mass is 268 g/mol. The van der Waals surface area contributed by atoms with E-state index in [0.717, 1.165) is 12.5 Å². The van der Waals surface area contributed by atoms with E-state index in [1.807, 2.05) is 0 Å². The lowest BCUT2D eigenvalue weighted by Crippen LogP contribution is -2.43. The maximum absolute atomic E-state index is 3.58. The SMILES string of the molecule is CCNCC(CC)(CC)CN1CCC(C(C)(C)C)C1. The lowest BCUT2D eigenvalue weighted by molar-refractivity contribution is 0.142. The molecular formula is C17H36N2. The zero-order valence-corrected chi connectivity index (χ0v) is 14.2. The third-order valence-corrected chi connectivity index (χ3v) is 5.31. The topological polar surface area (TPSA) is 15.3 Å². The molecule has 114 valence electrons. The van der Waals surface area contributed by atoms with Crippen LogP contribution in [0, 0.1) is 16.7 Å². The molecule has 1 heterocycles. The van der Waals surface area contributed by atoms with E-state index >= 15 is 0 Å². The molecule has 1 fully saturated rings. The Hall–Kier alpha value is -0.0800. The van der Waals surface area contributed by atoms with Crippen LogP contribution in [0.5, 0.6) is 0 Å². The molecule has 1 unspecified atom stereocenters. The molecule has 0 aromatic carbocycles. The van der Waals surface area contributed by atoms with E-state index < -0.39 is 0 Å². The zero-order valence-electron chi connectivity index (χ0n) is 14.2. The van der Waals surface area contributed by atoms with Crippen molar-refractivity contribution in [2.75, 3.05) is 32.7 Å². The molecule has 19 heavy (non-hydrogen) atoms. The number of hydrogen-bond donors (Lipinski definition) is 1. The van der Waals surface area contributed by atoms with Gasteiger partial charge in [0.15, 0.2) is 0 Å². The minimum Gasteiger partial charge on any atom is -0.316 e. The minimum absolute atomic E-state index is 0.470. The maximum Gasteiger partial charge on any atom is 0.00501 e. The van der Waals surface area contributed by atoms with Gasteiger partial charge < -0.3 is 10.2 Å². The van der Waals surface area contributed by atoms with Gasteiger partial charge in [-0.2, -0.15) is 0 Å². The summed E-state index contributed by atoms with van der Waals surface area (Å²) in [4.78, 5) is 2.72. The molecule has 0 radical (unpaired) electrons. The van der Waals surface area contributed by atoms with Gasteiger partial charge in [-0.3, -0.25) is 0 Å². The van der Waals surface area contributed by atoms with E-state index in [0.29, 0.717) is 10.8 Å². The van der Waals surface area contributed by atoms with Gasteiger partial charge in [0, 0.05) is 19.6 Å². The third kappa shape index (κ3) is 4.75. The maximum atomic E-state index is 3.58. The van der Waals surface area contributed by atoms with Gasteiger partial charge in [0.05, 0.1) is 0 Å². The summed E-state index contributed by atoms with van der Waals surface area (Å²) < 4.78 is 0. The fourth-order valence-electron chi connectivity index (χ4n) is 3.33. The van der Waals surface area contributed by atoms with Crippen LogP contribution >= 0.6 is 0 Å². The highest BCUT2D eigenvalue weighted by molar-refractivity contribution is 4.89. The summed E-state index contributed by atoms with van der Waals surface area (Å²) >= 11 is 0.